The summed E-state index contributed by atoms with van der Waals surface area (Å²) >= 11 is 0. The van der Waals surface area contributed by atoms with Gasteiger partial charge in [-0.1, -0.05) is 12.1 Å². The molecule has 1 amide bonds. The van der Waals surface area contributed by atoms with Crippen LogP contribution in [0.3, 0.4) is 0 Å². The van der Waals surface area contributed by atoms with Gasteiger partial charge in [0.2, 0.25) is 5.91 Å². The highest BCUT2D eigenvalue weighted by molar-refractivity contribution is 5.81. The van der Waals surface area contributed by atoms with Crippen molar-refractivity contribution < 1.29 is 4.79 Å². The second kappa shape index (κ2) is 5.54. The molecule has 0 aliphatic carbocycles. The highest BCUT2D eigenvalue weighted by atomic mass is 16.1. The van der Waals surface area contributed by atoms with Gasteiger partial charge in [0.1, 0.15) is 0 Å². The highest BCUT2D eigenvalue weighted by Crippen LogP contribution is 2.20. The number of hydrogen-bond donors (Lipinski definition) is 1. The molecule has 0 aromatic heterocycles. The number of hydrogen-bond acceptors (Lipinski definition) is 2. The molecule has 1 rings (SSSR count). The van der Waals surface area contributed by atoms with Gasteiger partial charge in [-0.25, -0.2) is 0 Å². The van der Waals surface area contributed by atoms with Gasteiger partial charge in [0, 0.05) is 18.8 Å². The molecule has 1 aromatic rings. The van der Waals surface area contributed by atoms with Crippen molar-refractivity contribution in [3.05, 3.63) is 29.8 Å². The monoisotopic (exact) mass is 220 g/mol. The molecule has 0 aliphatic heterocycles. The van der Waals surface area contributed by atoms with E-state index in [1.165, 1.54) is 5.69 Å². The number of nitrogens with two attached hydrogens (primary N) is 1. The Bertz CT molecular complexity index is 341. The molecule has 0 radical (unpaired) electrons. The molecule has 0 aliphatic rings. The maximum atomic E-state index is 11.0. The molecule has 16 heavy (non-hydrogen) atoms. The van der Waals surface area contributed by atoms with Gasteiger partial charge in [-0.15, -0.1) is 0 Å². The van der Waals surface area contributed by atoms with Gasteiger partial charge in [-0.05, 0) is 38.5 Å². The fraction of sp³-hybridized carbons (Fsp3) is 0.462. The molecule has 2 N–H and O–H groups in total. The van der Waals surface area contributed by atoms with E-state index in [1.807, 2.05) is 31.2 Å². The van der Waals surface area contributed by atoms with E-state index in [-0.39, 0.29) is 11.8 Å². The van der Waals surface area contributed by atoms with Crippen molar-refractivity contribution in [2.24, 2.45) is 5.73 Å². The minimum atomic E-state index is -0.282. The summed E-state index contributed by atoms with van der Waals surface area (Å²) in [6.45, 7) is 8.06. The number of primary amides is 1. The normalized spacial score (nSPS) is 12.2. The van der Waals surface area contributed by atoms with Crippen LogP contribution < -0.4 is 10.6 Å². The smallest absolute Gasteiger partial charge is 0.224 e. The highest BCUT2D eigenvalue weighted by Gasteiger charge is 2.11. The quantitative estimate of drug-likeness (QED) is 0.826. The lowest BCUT2D eigenvalue weighted by Crippen LogP contribution is -2.22. The molecule has 0 fully saturated rings. The number of carbonyl (C=O) groups excluding carboxylic acids is 1. The van der Waals surface area contributed by atoms with Crippen LogP contribution in [-0.4, -0.2) is 19.0 Å². The summed E-state index contributed by atoms with van der Waals surface area (Å²) in [6.07, 6.45) is 0. The average Bonchev–Trinajstić information content (AvgIpc) is 2.30. The maximum absolute atomic E-state index is 11.0. The van der Waals surface area contributed by atoms with Crippen LogP contribution >= 0.6 is 0 Å². The Morgan fingerprint density at radius 3 is 2.12 bits per heavy atom. The first-order valence-electron chi connectivity index (χ1n) is 5.74. The van der Waals surface area contributed by atoms with Gasteiger partial charge in [-0.2, -0.15) is 0 Å². The second-order valence-corrected chi connectivity index (χ2v) is 3.89. The predicted molar refractivity (Wildman–Crippen MR) is 67.6 cm³/mol. The van der Waals surface area contributed by atoms with Gasteiger partial charge in [0.15, 0.2) is 0 Å². The maximum Gasteiger partial charge on any atom is 0.224 e. The fourth-order valence-electron chi connectivity index (χ4n) is 1.73. The average molecular weight is 220 g/mol. The van der Waals surface area contributed by atoms with Crippen molar-refractivity contribution in [1.29, 1.82) is 0 Å². The van der Waals surface area contributed by atoms with Gasteiger partial charge in [-0.3, -0.25) is 4.79 Å². The Hall–Kier alpha value is -1.51. The Morgan fingerprint density at radius 1 is 1.25 bits per heavy atom. The summed E-state index contributed by atoms with van der Waals surface area (Å²) < 4.78 is 0. The first-order chi connectivity index (χ1) is 7.60. The first-order valence-corrected chi connectivity index (χ1v) is 5.74. The minimum Gasteiger partial charge on any atom is -0.372 e. The SMILES string of the molecule is CCN(CC)c1ccc(C(C)C(N)=O)cc1. The summed E-state index contributed by atoms with van der Waals surface area (Å²) in [6, 6.07) is 8.04. The van der Waals surface area contributed by atoms with E-state index in [2.05, 4.69) is 18.7 Å². The zero-order valence-electron chi connectivity index (χ0n) is 10.2. The summed E-state index contributed by atoms with van der Waals surface area (Å²) in [5, 5.41) is 0. The molecule has 3 nitrogen and oxygen atoms in total. The third-order valence-corrected chi connectivity index (χ3v) is 2.95. The van der Waals surface area contributed by atoms with Crippen molar-refractivity contribution in [1.82, 2.24) is 0 Å². The number of rotatable bonds is 5. The lowest BCUT2D eigenvalue weighted by Gasteiger charge is -2.21. The van der Waals surface area contributed by atoms with Crippen molar-refractivity contribution in [3.8, 4) is 0 Å². The van der Waals surface area contributed by atoms with E-state index in [4.69, 9.17) is 5.73 Å². The van der Waals surface area contributed by atoms with Gasteiger partial charge in [0.05, 0.1) is 5.92 Å². The van der Waals surface area contributed by atoms with Crippen LogP contribution in [0.25, 0.3) is 0 Å². The molecule has 0 saturated carbocycles. The van der Waals surface area contributed by atoms with Crippen molar-refractivity contribution in [3.63, 3.8) is 0 Å². The summed E-state index contributed by atoms with van der Waals surface area (Å²) in [5.74, 6) is -0.499. The predicted octanol–water partition coefficient (Wildman–Crippen LogP) is 2.12. The molecule has 1 unspecified atom stereocenters. The van der Waals surface area contributed by atoms with Gasteiger partial charge < -0.3 is 10.6 Å². The van der Waals surface area contributed by atoms with E-state index in [9.17, 15) is 4.79 Å². The van der Waals surface area contributed by atoms with E-state index in [0.717, 1.165) is 18.7 Å². The van der Waals surface area contributed by atoms with Crippen LogP contribution in [0.15, 0.2) is 24.3 Å². The summed E-state index contributed by atoms with van der Waals surface area (Å²) in [5.41, 5.74) is 7.43. The number of anilines is 1. The number of amides is 1. The van der Waals surface area contributed by atoms with Gasteiger partial charge >= 0.3 is 0 Å². The molecule has 1 aromatic carbocycles. The Labute approximate surface area is 97.2 Å². The van der Waals surface area contributed by atoms with Crippen molar-refractivity contribution in [2.45, 2.75) is 26.7 Å². The summed E-state index contributed by atoms with van der Waals surface area (Å²) in [4.78, 5) is 13.3. The molecule has 0 saturated heterocycles. The molecule has 0 bridgehead atoms. The van der Waals surface area contributed by atoms with E-state index < -0.39 is 0 Å². The third-order valence-electron chi connectivity index (χ3n) is 2.95. The first kappa shape index (κ1) is 12.6. The molecule has 0 heterocycles. The van der Waals surface area contributed by atoms with E-state index >= 15 is 0 Å². The number of benzene rings is 1. The van der Waals surface area contributed by atoms with Crippen LogP contribution in [0.4, 0.5) is 5.69 Å². The zero-order valence-corrected chi connectivity index (χ0v) is 10.2. The number of nitrogens with zero attached hydrogens (tertiary/aromatic N) is 1. The molecule has 3 heteroatoms. The Kier molecular flexibility index (Phi) is 4.35. The Balaban J connectivity index is 2.86. The fourth-order valence-corrected chi connectivity index (χ4v) is 1.73. The summed E-state index contributed by atoms with van der Waals surface area (Å²) in [7, 11) is 0. The zero-order chi connectivity index (χ0) is 12.1. The van der Waals surface area contributed by atoms with Crippen LogP contribution in [-0.2, 0) is 4.79 Å². The molecule has 88 valence electrons. The topological polar surface area (TPSA) is 46.3 Å². The van der Waals surface area contributed by atoms with Crippen molar-refractivity contribution in [2.75, 3.05) is 18.0 Å². The molecule has 0 spiro atoms. The van der Waals surface area contributed by atoms with Crippen LogP contribution in [0.2, 0.25) is 0 Å². The standard InChI is InChI=1S/C13H20N2O/c1-4-15(5-2)12-8-6-11(7-9-12)10(3)13(14)16/h6-10H,4-5H2,1-3H3,(H2,14,16). The lowest BCUT2D eigenvalue weighted by atomic mass is 10.0. The van der Waals surface area contributed by atoms with Crippen LogP contribution in [0.1, 0.15) is 32.3 Å². The molecular weight excluding hydrogens is 200 g/mol. The number of carbonyl (C=O) groups is 1. The minimum absolute atomic E-state index is 0.217. The van der Waals surface area contributed by atoms with Crippen LogP contribution in [0, 0.1) is 0 Å². The van der Waals surface area contributed by atoms with Crippen LogP contribution in [0.5, 0.6) is 0 Å². The largest absolute Gasteiger partial charge is 0.372 e. The lowest BCUT2D eigenvalue weighted by molar-refractivity contribution is -0.119. The second-order valence-electron chi connectivity index (χ2n) is 3.89. The third kappa shape index (κ3) is 2.75. The molecular formula is C13H20N2O. The van der Waals surface area contributed by atoms with Gasteiger partial charge in [0.25, 0.3) is 0 Å². The Morgan fingerprint density at radius 2 is 1.75 bits per heavy atom. The van der Waals surface area contributed by atoms with E-state index in [0.29, 0.717) is 0 Å². The molecule has 1 atom stereocenters. The van der Waals surface area contributed by atoms with Crippen molar-refractivity contribution >= 4 is 11.6 Å². The van der Waals surface area contributed by atoms with E-state index in [1.54, 1.807) is 0 Å².